The third kappa shape index (κ3) is 3.87. The van der Waals surface area contributed by atoms with E-state index in [1.54, 1.807) is 22.7 Å². The van der Waals surface area contributed by atoms with Gasteiger partial charge in [0.15, 0.2) is 5.69 Å². The zero-order valence-electron chi connectivity index (χ0n) is 14.5. The van der Waals surface area contributed by atoms with E-state index in [0.29, 0.717) is 38.2 Å². The summed E-state index contributed by atoms with van der Waals surface area (Å²) in [6.07, 6.45) is 2.89. The van der Waals surface area contributed by atoms with E-state index in [0.717, 1.165) is 11.3 Å². The second-order valence-corrected chi connectivity index (χ2v) is 6.20. The SMILES string of the molecule is CCOC(=O)C1CCN(C(=O)c2cn(-c3ccc(C)cc3)nn2)CC1. The third-order valence-electron chi connectivity index (χ3n) is 4.41. The van der Waals surface area contributed by atoms with E-state index < -0.39 is 0 Å². The predicted octanol–water partition coefficient (Wildman–Crippen LogP) is 1.99. The number of amides is 1. The highest BCUT2D eigenvalue weighted by Crippen LogP contribution is 2.20. The number of aryl methyl sites for hydroxylation is 1. The molecule has 0 radical (unpaired) electrons. The molecular formula is C18H22N4O3. The van der Waals surface area contributed by atoms with Gasteiger partial charge in [-0.1, -0.05) is 22.9 Å². The first-order chi connectivity index (χ1) is 12.1. The minimum absolute atomic E-state index is 0.118. The van der Waals surface area contributed by atoms with Crippen molar-refractivity contribution < 1.29 is 14.3 Å². The van der Waals surface area contributed by atoms with Gasteiger partial charge in [0.2, 0.25) is 0 Å². The number of nitrogens with zero attached hydrogens (tertiary/aromatic N) is 4. The van der Waals surface area contributed by atoms with Gasteiger partial charge >= 0.3 is 5.97 Å². The van der Waals surface area contributed by atoms with Crippen molar-refractivity contribution in [2.75, 3.05) is 19.7 Å². The molecule has 0 N–H and O–H groups in total. The molecule has 1 amide bonds. The van der Waals surface area contributed by atoms with Gasteiger partial charge in [-0.25, -0.2) is 4.68 Å². The molecule has 0 saturated carbocycles. The number of rotatable bonds is 4. The minimum atomic E-state index is -0.167. The van der Waals surface area contributed by atoms with Gasteiger partial charge in [0.25, 0.3) is 5.91 Å². The average Bonchev–Trinajstić information content (AvgIpc) is 3.12. The molecule has 2 aromatic rings. The molecule has 0 bridgehead atoms. The highest BCUT2D eigenvalue weighted by atomic mass is 16.5. The molecule has 1 aliphatic rings. The fourth-order valence-corrected chi connectivity index (χ4v) is 2.93. The maximum Gasteiger partial charge on any atom is 0.309 e. The summed E-state index contributed by atoms with van der Waals surface area (Å²) in [6, 6.07) is 7.84. The number of piperidine rings is 1. The van der Waals surface area contributed by atoms with Crippen molar-refractivity contribution in [3.8, 4) is 5.69 Å². The molecule has 1 aromatic heterocycles. The lowest BCUT2D eigenvalue weighted by molar-refractivity contribution is -0.149. The van der Waals surface area contributed by atoms with Crippen LogP contribution in [0.2, 0.25) is 0 Å². The molecule has 25 heavy (non-hydrogen) atoms. The van der Waals surface area contributed by atoms with Crippen LogP contribution in [-0.4, -0.2) is 51.5 Å². The topological polar surface area (TPSA) is 77.3 Å². The second kappa shape index (κ2) is 7.46. The number of benzene rings is 1. The van der Waals surface area contributed by atoms with Gasteiger partial charge in [-0.05, 0) is 38.8 Å². The lowest BCUT2D eigenvalue weighted by Gasteiger charge is -2.30. The number of ether oxygens (including phenoxy) is 1. The van der Waals surface area contributed by atoms with E-state index in [4.69, 9.17) is 4.74 Å². The van der Waals surface area contributed by atoms with E-state index in [2.05, 4.69) is 10.3 Å². The first kappa shape index (κ1) is 17.1. The summed E-state index contributed by atoms with van der Waals surface area (Å²) in [4.78, 5) is 26.1. The van der Waals surface area contributed by atoms with Crippen LogP contribution in [-0.2, 0) is 9.53 Å². The van der Waals surface area contributed by atoms with Crippen molar-refractivity contribution in [1.29, 1.82) is 0 Å². The van der Waals surface area contributed by atoms with Gasteiger partial charge in [0.1, 0.15) is 0 Å². The van der Waals surface area contributed by atoms with Crippen LogP contribution in [0.3, 0.4) is 0 Å². The fraction of sp³-hybridized carbons (Fsp3) is 0.444. The Morgan fingerprint density at radius 1 is 1.20 bits per heavy atom. The van der Waals surface area contributed by atoms with Gasteiger partial charge < -0.3 is 9.64 Å². The summed E-state index contributed by atoms with van der Waals surface area (Å²) in [5.41, 5.74) is 2.33. The maximum atomic E-state index is 12.6. The zero-order valence-corrected chi connectivity index (χ0v) is 14.5. The first-order valence-corrected chi connectivity index (χ1v) is 8.53. The third-order valence-corrected chi connectivity index (χ3v) is 4.41. The monoisotopic (exact) mass is 342 g/mol. The average molecular weight is 342 g/mol. The molecule has 1 aromatic carbocycles. The Balaban J connectivity index is 1.63. The summed E-state index contributed by atoms with van der Waals surface area (Å²) in [5.74, 6) is -0.437. The Morgan fingerprint density at radius 2 is 1.88 bits per heavy atom. The van der Waals surface area contributed by atoms with Crippen LogP contribution in [0.15, 0.2) is 30.5 Å². The van der Waals surface area contributed by atoms with Crippen molar-refractivity contribution in [2.24, 2.45) is 5.92 Å². The summed E-state index contributed by atoms with van der Waals surface area (Å²) >= 11 is 0. The van der Waals surface area contributed by atoms with Crippen LogP contribution in [0.25, 0.3) is 5.69 Å². The van der Waals surface area contributed by atoms with Gasteiger partial charge in [0.05, 0.1) is 24.4 Å². The van der Waals surface area contributed by atoms with E-state index in [-0.39, 0.29) is 17.8 Å². The molecule has 0 unspecified atom stereocenters. The van der Waals surface area contributed by atoms with Gasteiger partial charge in [-0.15, -0.1) is 5.10 Å². The van der Waals surface area contributed by atoms with Crippen molar-refractivity contribution in [3.05, 3.63) is 41.7 Å². The summed E-state index contributed by atoms with van der Waals surface area (Å²) in [5, 5.41) is 8.05. The highest BCUT2D eigenvalue weighted by Gasteiger charge is 2.29. The van der Waals surface area contributed by atoms with Crippen molar-refractivity contribution >= 4 is 11.9 Å². The Bertz CT molecular complexity index is 746. The molecule has 0 spiro atoms. The Hall–Kier alpha value is -2.70. The number of aromatic nitrogens is 3. The summed E-state index contributed by atoms with van der Waals surface area (Å²) in [6.45, 7) is 5.26. The molecule has 7 nitrogen and oxygen atoms in total. The van der Waals surface area contributed by atoms with Crippen LogP contribution >= 0.6 is 0 Å². The van der Waals surface area contributed by atoms with Gasteiger partial charge in [-0.3, -0.25) is 9.59 Å². The molecule has 2 heterocycles. The molecule has 0 atom stereocenters. The number of hydrogen-bond acceptors (Lipinski definition) is 5. The largest absolute Gasteiger partial charge is 0.466 e. The summed E-state index contributed by atoms with van der Waals surface area (Å²) < 4.78 is 6.65. The van der Waals surface area contributed by atoms with Crippen LogP contribution in [0.4, 0.5) is 0 Å². The van der Waals surface area contributed by atoms with E-state index in [9.17, 15) is 9.59 Å². The number of likely N-dealkylation sites (tertiary alicyclic amines) is 1. The van der Waals surface area contributed by atoms with Crippen molar-refractivity contribution in [3.63, 3.8) is 0 Å². The maximum absolute atomic E-state index is 12.6. The quantitative estimate of drug-likeness (QED) is 0.794. The smallest absolute Gasteiger partial charge is 0.309 e. The molecule has 3 rings (SSSR count). The Kier molecular flexibility index (Phi) is 5.11. The van der Waals surface area contributed by atoms with Crippen LogP contribution in [0.1, 0.15) is 35.8 Å². The molecule has 7 heteroatoms. The second-order valence-electron chi connectivity index (χ2n) is 6.20. The van der Waals surface area contributed by atoms with E-state index in [1.807, 2.05) is 31.2 Å². The van der Waals surface area contributed by atoms with Crippen LogP contribution in [0.5, 0.6) is 0 Å². The number of carbonyl (C=O) groups is 2. The zero-order chi connectivity index (χ0) is 17.8. The minimum Gasteiger partial charge on any atom is -0.466 e. The number of carbonyl (C=O) groups excluding carboxylic acids is 2. The number of hydrogen-bond donors (Lipinski definition) is 0. The normalized spacial score (nSPS) is 15.2. The lowest BCUT2D eigenvalue weighted by atomic mass is 9.97. The molecule has 0 aliphatic carbocycles. The molecule has 1 saturated heterocycles. The molecular weight excluding hydrogens is 320 g/mol. The number of esters is 1. The molecule has 1 fully saturated rings. The fourth-order valence-electron chi connectivity index (χ4n) is 2.93. The first-order valence-electron chi connectivity index (χ1n) is 8.53. The van der Waals surface area contributed by atoms with E-state index in [1.165, 1.54) is 0 Å². The Labute approximate surface area is 146 Å². The standard InChI is InChI=1S/C18H22N4O3/c1-3-25-18(24)14-8-10-21(11-9-14)17(23)16-12-22(20-19-16)15-6-4-13(2)5-7-15/h4-7,12,14H,3,8-11H2,1-2H3. The highest BCUT2D eigenvalue weighted by molar-refractivity contribution is 5.92. The van der Waals surface area contributed by atoms with Crippen molar-refractivity contribution in [2.45, 2.75) is 26.7 Å². The van der Waals surface area contributed by atoms with Crippen molar-refractivity contribution in [1.82, 2.24) is 19.9 Å². The Morgan fingerprint density at radius 3 is 2.52 bits per heavy atom. The predicted molar refractivity (Wildman–Crippen MR) is 91.4 cm³/mol. The molecule has 1 aliphatic heterocycles. The lowest BCUT2D eigenvalue weighted by Crippen LogP contribution is -2.40. The van der Waals surface area contributed by atoms with Crippen LogP contribution in [0, 0.1) is 12.8 Å². The van der Waals surface area contributed by atoms with Gasteiger partial charge in [-0.2, -0.15) is 0 Å². The molecule has 132 valence electrons. The van der Waals surface area contributed by atoms with Crippen LogP contribution < -0.4 is 0 Å². The van der Waals surface area contributed by atoms with E-state index >= 15 is 0 Å². The summed E-state index contributed by atoms with van der Waals surface area (Å²) in [7, 11) is 0. The van der Waals surface area contributed by atoms with Gasteiger partial charge in [0, 0.05) is 13.1 Å².